The second-order valence-electron chi connectivity index (χ2n) is 12.8. The summed E-state index contributed by atoms with van der Waals surface area (Å²) in [6, 6.07) is 14.8. The largest absolute Gasteiger partial charge is 0.507 e. The fourth-order valence-corrected chi connectivity index (χ4v) is 8.63. The number of piperazine rings is 1. The van der Waals surface area contributed by atoms with E-state index in [2.05, 4.69) is 30.7 Å². The van der Waals surface area contributed by atoms with E-state index in [0.717, 1.165) is 55.2 Å². The number of nitrogens with zero attached hydrogens (tertiary/aromatic N) is 5. The zero-order valence-corrected chi connectivity index (χ0v) is 32.4. The highest BCUT2D eigenvalue weighted by atomic mass is 32.2. The number of anilines is 1. The van der Waals surface area contributed by atoms with Crippen molar-refractivity contribution in [2.75, 3.05) is 31.1 Å². The van der Waals surface area contributed by atoms with Crippen LogP contribution >= 0.6 is 0 Å². The monoisotopic (exact) mass is 872 g/mol. The van der Waals surface area contributed by atoms with Crippen LogP contribution in [0.2, 0.25) is 0 Å². The number of phenols is 2. The van der Waals surface area contributed by atoms with Crippen LogP contribution in [0.25, 0.3) is 32.3 Å². The van der Waals surface area contributed by atoms with Gasteiger partial charge in [0.1, 0.15) is 16.3 Å². The normalized spacial score (nSPS) is 14.7. The Kier molecular flexibility index (Phi) is 10.2. The first-order valence-corrected chi connectivity index (χ1v) is 22.2. The lowest BCUT2D eigenvalue weighted by atomic mass is 10.1. The lowest BCUT2D eigenvalue weighted by molar-refractivity contribution is 0.470. The number of nitrogens with one attached hydrogen (secondary N) is 1. The molecule has 7 N–H and O–H groups in total. The standard InChI is InChI=1S/C34H28N6O14S4/c41-30-17-23(57(49,50)51)13-19-12-22(56(46,47)48)16-29(32(19)30)38-36-28-6-5-27(25-4-2-21(15-26(25)28)55(43,44)45)37-39-33-31(58(52,53)54)14-18-11-20(1-3-24(18)34(33)42)40-9-7-35-8-10-40/h1-6,11-17,35,41-42H,7-10H2,(H,43,44,45)(H,46,47,48)(H,49,50,51)(H,52,53,54). The molecule has 24 heteroatoms. The molecule has 1 saturated heterocycles. The predicted molar refractivity (Wildman–Crippen MR) is 208 cm³/mol. The van der Waals surface area contributed by atoms with Gasteiger partial charge < -0.3 is 20.4 Å². The smallest absolute Gasteiger partial charge is 0.296 e. The molecular weight excluding hydrogens is 845 g/mol. The maximum atomic E-state index is 12.6. The minimum Gasteiger partial charge on any atom is -0.507 e. The Labute approximate surface area is 328 Å². The van der Waals surface area contributed by atoms with E-state index >= 15 is 0 Å². The Bertz CT molecular complexity index is 3240. The molecule has 7 rings (SSSR count). The average Bonchev–Trinajstić information content (AvgIpc) is 3.15. The summed E-state index contributed by atoms with van der Waals surface area (Å²) in [5.74, 6) is -1.42. The molecule has 6 aromatic carbocycles. The number of hydrogen-bond acceptors (Lipinski definition) is 16. The van der Waals surface area contributed by atoms with Gasteiger partial charge in [-0.05, 0) is 77.5 Å². The first-order valence-electron chi connectivity index (χ1n) is 16.5. The van der Waals surface area contributed by atoms with Crippen molar-refractivity contribution in [3.05, 3.63) is 78.9 Å². The molecule has 0 radical (unpaired) electrons. The van der Waals surface area contributed by atoms with Gasteiger partial charge in [-0.1, -0.05) is 6.07 Å². The van der Waals surface area contributed by atoms with E-state index in [4.69, 9.17) is 0 Å². The van der Waals surface area contributed by atoms with Crippen LogP contribution < -0.4 is 10.2 Å². The summed E-state index contributed by atoms with van der Waals surface area (Å²) in [5, 5.41) is 41.2. The molecule has 58 heavy (non-hydrogen) atoms. The molecule has 0 amide bonds. The maximum absolute atomic E-state index is 12.6. The van der Waals surface area contributed by atoms with Crippen molar-refractivity contribution in [1.29, 1.82) is 0 Å². The van der Waals surface area contributed by atoms with Crippen molar-refractivity contribution < 1.29 is 62.1 Å². The Morgan fingerprint density at radius 1 is 0.517 bits per heavy atom. The number of azo groups is 2. The highest BCUT2D eigenvalue weighted by molar-refractivity contribution is 7.86. The van der Waals surface area contributed by atoms with E-state index in [1.165, 1.54) is 18.2 Å². The molecule has 0 atom stereocenters. The lowest BCUT2D eigenvalue weighted by Crippen LogP contribution is -2.43. The molecule has 0 unspecified atom stereocenters. The number of benzene rings is 6. The minimum absolute atomic E-state index is 0.0548. The first-order chi connectivity index (χ1) is 27.1. The predicted octanol–water partition coefficient (Wildman–Crippen LogP) is 5.78. The van der Waals surface area contributed by atoms with Gasteiger partial charge in [0.2, 0.25) is 0 Å². The molecule has 0 spiro atoms. The molecule has 1 fully saturated rings. The Balaban J connectivity index is 1.37. The van der Waals surface area contributed by atoms with Crippen LogP contribution in [0.4, 0.5) is 28.4 Å². The Hall–Kier alpha value is -5.70. The molecule has 0 aromatic heterocycles. The van der Waals surface area contributed by atoms with Gasteiger partial charge in [-0.2, -0.15) is 33.7 Å². The van der Waals surface area contributed by atoms with Crippen LogP contribution in [-0.2, 0) is 40.5 Å². The van der Waals surface area contributed by atoms with Crippen molar-refractivity contribution in [3.8, 4) is 11.5 Å². The van der Waals surface area contributed by atoms with Gasteiger partial charge in [0, 0.05) is 54.1 Å². The first kappa shape index (κ1) is 40.5. The number of hydrogen-bond donors (Lipinski definition) is 7. The Morgan fingerprint density at radius 3 is 1.71 bits per heavy atom. The summed E-state index contributed by atoms with van der Waals surface area (Å²) in [4.78, 5) is -0.965. The van der Waals surface area contributed by atoms with Crippen LogP contribution in [0.3, 0.4) is 0 Å². The highest BCUT2D eigenvalue weighted by Crippen LogP contribution is 2.44. The van der Waals surface area contributed by atoms with E-state index in [-0.39, 0.29) is 43.7 Å². The summed E-state index contributed by atoms with van der Waals surface area (Å²) in [7, 11) is -19.7. The summed E-state index contributed by atoms with van der Waals surface area (Å²) >= 11 is 0. The summed E-state index contributed by atoms with van der Waals surface area (Å²) in [6.07, 6.45) is 0. The van der Waals surface area contributed by atoms with Crippen molar-refractivity contribution in [2.45, 2.75) is 19.6 Å². The second kappa shape index (κ2) is 14.6. The third kappa shape index (κ3) is 8.04. The Morgan fingerprint density at radius 2 is 1.09 bits per heavy atom. The molecule has 20 nitrogen and oxygen atoms in total. The van der Waals surface area contributed by atoms with E-state index in [9.17, 15) is 62.1 Å². The molecule has 302 valence electrons. The third-order valence-corrected chi connectivity index (χ3v) is 12.5. The second-order valence-corrected chi connectivity index (χ2v) is 18.5. The minimum atomic E-state index is -5.01. The van der Waals surface area contributed by atoms with Crippen LogP contribution in [0, 0.1) is 0 Å². The molecule has 6 aromatic rings. The van der Waals surface area contributed by atoms with E-state index in [0.29, 0.717) is 19.2 Å². The van der Waals surface area contributed by atoms with Crippen molar-refractivity contribution in [2.24, 2.45) is 20.5 Å². The molecule has 0 saturated carbocycles. The maximum Gasteiger partial charge on any atom is 0.296 e. The summed E-state index contributed by atoms with van der Waals surface area (Å²) in [6.45, 7) is 2.81. The van der Waals surface area contributed by atoms with Crippen LogP contribution in [0.15, 0.2) is 119 Å². The molecular formula is C34H28N6O14S4. The lowest BCUT2D eigenvalue weighted by Gasteiger charge is -2.29. The molecule has 1 heterocycles. The quantitative estimate of drug-likeness (QED) is 0.0668. The van der Waals surface area contributed by atoms with E-state index < -0.39 is 82.9 Å². The van der Waals surface area contributed by atoms with E-state index in [1.807, 2.05) is 0 Å². The zero-order chi connectivity index (χ0) is 41.9. The average molecular weight is 873 g/mol. The van der Waals surface area contributed by atoms with Crippen molar-refractivity contribution in [1.82, 2.24) is 5.32 Å². The summed E-state index contributed by atoms with van der Waals surface area (Å²) < 4.78 is 136. The van der Waals surface area contributed by atoms with E-state index in [1.54, 1.807) is 18.2 Å². The summed E-state index contributed by atoms with van der Waals surface area (Å²) in [5.41, 5.74) is -0.582. The van der Waals surface area contributed by atoms with Crippen LogP contribution in [0.1, 0.15) is 0 Å². The van der Waals surface area contributed by atoms with Crippen molar-refractivity contribution >= 4 is 101 Å². The van der Waals surface area contributed by atoms with Gasteiger partial charge in [-0.25, -0.2) is 0 Å². The van der Waals surface area contributed by atoms with Gasteiger partial charge in [0.15, 0.2) is 5.75 Å². The van der Waals surface area contributed by atoms with Crippen molar-refractivity contribution in [3.63, 3.8) is 0 Å². The molecule has 0 aliphatic carbocycles. The number of rotatable bonds is 9. The zero-order valence-electron chi connectivity index (χ0n) is 29.2. The van der Waals surface area contributed by atoms with Gasteiger partial charge in [0.25, 0.3) is 40.5 Å². The fraction of sp³-hybridized carbons (Fsp3) is 0.118. The number of aromatic hydroxyl groups is 2. The van der Waals surface area contributed by atoms with Gasteiger partial charge >= 0.3 is 0 Å². The SMILES string of the molecule is O=S(=O)(O)c1cc(O)c2c(N=Nc3ccc(N=Nc4c(S(=O)(=O)O)cc5cc(N6CCNCC6)ccc5c4O)c4ccc(S(=O)(=O)O)cc34)cc(S(=O)(=O)O)cc2c1. The molecule has 1 aliphatic rings. The third-order valence-electron chi connectivity index (χ3n) is 9.11. The van der Waals surface area contributed by atoms with Gasteiger partial charge in [-0.3, -0.25) is 18.2 Å². The topological polar surface area (TPSA) is 323 Å². The molecule has 0 bridgehead atoms. The van der Waals surface area contributed by atoms with Gasteiger partial charge in [0.05, 0.1) is 37.1 Å². The number of phenolic OH excluding ortho intramolecular Hbond substituents is 2. The van der Waals surface area contributed by atoms with Gasteiger partial charge in [-0.15, -0.1) is 20.5 Å². The van der Waals surface area contributed by atoms with Crippen LogP contribution in [0.5, 0.6) is 11.5 Å². The highest BCUT2D eigenvalue weighted by Gasteiger charge is 2.24. The molecule has 1 aliphatic heterocycles. The van der Waals surface area contributed by atoms with Crippen LogP contribution in [-0.4, -0.2) is 88.3 Å². The fourth-order valence-electron chi connectivity index (χ4n) is 6.39. The number of fused-ring (bicyclic) bond motifs is 3.